The highest BCUT2D eigenvalue weighted by Crippen LogP contribution is 2.38. The van der Waals surface area contributed by atoms with Gasteiger partial charge >= 0.3 is 5.69 Å². The smallest absolute Gasteiger partial charge is 0.350 e. The fraction of sp³-hybridized carbons (Fsp3) is 0.556. The zero-order valence-electron chi connectivity index (χ0n) is 15.4. The fourth-order valence-corrected chi connectivity index (χ4v) is 4.00. The van der Waals surface area contributed by atoms with E-state index in [1.807, 2.05) is 11.8 Å². The Kier molecular flexibility index (Phi) is 4.98. The average Bonchev–Trinajstić information content (AvgIpc) is 3.30. The van der Waals surface area contributed by atoms with Gasteiger partial charge in [0, 0.05) is 30.7 Å². The van der Waals surface area contributed by atoms with Crippen LogP contribution in [0.3, 0.4) is 0 Å². The molecule has 27 heavy (non-hydrogen) atoms. The number of nitrogens with two attached hydrogens (primary N) is 2. The topological polar surface area (TPSA) is 99.3 Å². The molecule has 2 fully saturated rings. The summed E-state index contributed by atoms with van der Waals surface area (Å²) in [5, 5.41) is 0.184. The molecule has 0 spiro atoms. The summed E-state index contributed by atoms with van der Waals surface area (Å²) in [4.78, 5) is 27.0. The maximum Gasteiger partial charge on any atom is 0.350 e. The minimum absolute atomic E-state index is 0. The van der Waals surface area contributed by atoms with Crippen LogP contribution in [-0.2, 0) is 0 Å². The summed E-state index contributed by atoms with van der Waals surface area (Å²) in [7, 11) is 0. The molecule has 2 atom stereocenters. The molecule has 1 aliphatic heterocycles. The molecule has 0 amide bonds. The monoisotopic (exact) mass is 397 g/mol. The van der Waals surface area contributed by atoms with E-state index >= 15 is 4.39 Å². The Balaban J connectivity index is 0.00000210. The van der Waals surface area contributed by atoms with Gasteiger partial charge in [0.15, 0.2) is 0 Å². The minimum Gasteiger partial charge on any atom is -0.369 e. The summed E-state index contributed by atoms with van der Waals surface area (Å²) in [5.74, 6) is 5.54. The number of benzene rings is 1. The summed E-state index contributed by atoms with van der Waals surface area (Å²) in [6.45, 7) is 4.91. The molecule has 2 heterocycles. The Labute approximate surface area is 162 Å². The van der Waals surface area contributed by atoms with Crippen molar-refractivity contribution in [2.75, 3.05) is 23.8 Å². The lowest BCUT2D eigenvalue weighted by molar-refractivity contribution is 0.487. The molecule has 1 aromatic heterocycles. The summed E-state index contributed by atoms with van der Waals surface area (Å²) in [6, 6.07) is 1.70. The summed E-state index contributed by atoms with van der Waals surface area (Å²) < 4.78 is 17.3. The third-order valence-corrected chi connectivity index (χ3v) is 5.78. The molecule has 148 valence electrons. The van der Waals surface area contributed by atoms with Crippen molar-refractivity contribution >= 4 is 29.0 Å². The average molecular weight is 398 g/mol. The highest BCUT2D eigenvalue weighted by atomic mass is 35.5. The Bertz CT molecular complexity index is 1010. The molecule has 9 heteroatoms. The van der Waals surface area contributed by atoms with Gasteiger partial charge in [-0.15, -0.1) is 12.4 Å². The molecule has 1 aromatic carbocycles. The summed E-state index contributed by atoms with van der Waals surface area (Å²) in [6.07, 6.45) is 2.61. The number of aryl methyl sites for hydroxylation is 1. The lowest BCUT2D eigenvalue weighted by Gasteiger charge is -2.23. The van der Waals surface area contributed by atoms with Crippen LogP contribution in [0, 0.1) is 18.7 Å². The van der Waals surface area contributed by atoms with Crippen molar-refractivity contribution < 1.29 is 4.39 Å². The molecule has 1 aliphatic carbocycles. The molecular weight excluding hydrogens is 373 g/mol. The van der Waals surface area contributed by atoms with E-state index < -0.39 is 17.1 Å². The van der Waals surface area contributed by atoms with Gasteiger partial charge in [-0.3, -0.25) is 9.36 Å². The van der Waals surface area contributed by atoms with Crippen molar-refractivity contribution in [3.63, 3.8) is 0 Å². The normalized spacial score (nSPS) is 20.7. The molecule has 0 bridgehead atoms. The van der Waals surface area contributed by atoms with Crippen LogP contribution in [-0.4, -0.2) is 28.4 Å². The Hall–Kier alpha value is -2.06. The number of nitrogen functional groups attached to an aromatic ring is 1. The Morgan fingerprint density at radius 3 is 2.48 bits per heavy atom. The molecular formula is C18H25ClFN5O2. The van der Waals surface area contributed by atoms with E-state index in [0.29, 0.717) is 34.9 Å². The number of rotatable bonds is 3. The number of nitrogens with zero attached hydrogens (tertiary/aromatic N) is 3. The van der Waals surface area contributed by atoms with Gasteiger partial charge < -0.3 is 16.5 Å². The van der Waals surface area contributed by atoms with Crippen LogP contribution in [0.25, 0.3) is 10.9 Å². The second kappa shape index (κ2) is 6.83. The van der Waals surface area contributed by atoms with E-state index in [9.17, 15) is 9.59 Å². The number of halogens is 2. The van der Waals surface area contributed by atoms with Gasteiger partial charge in [0.2, 0.25) is 0 Å². The molecule has 0 unspecified atom stereocenters. The van der Waals surface area contributed by atoms with Crippen LogP contribution >= 0.6 is 12.4 Å². The van der Waals surface area contributed by atoms with Crippen LogP contribution in [0.15, 0.2) is 15.7 Å². The highest BCUT2D eigenvalue weighted by Gasteiger charge is 2.32. The molecule has 4 N–H and O–H groups in total. The number of hydrogen-bond acceptors (Lipinski definition) is 5. The van der Waals surface area contributed by atoms with Gasteiger partial charge in [0.05, 0.1) is 16.6 Å². The van der Waals surface area contributed by atoms with Crippen molar-refractivity contribution in [2.45, 2.75) is 45.2 Å². The van der Waals surface area contributed by atoms with Gasteiger partial charge in [0.1, 0.15) is 5.82 Å². The molecule has 0 radical (unpaired) electrons. The van der Waals surface area contributed by atoms with Gasteiger partial charge in [-0.25, -0.2) is 9.18 Å². The van der Waals surface area contributed by atoms with Gasteiger partial charge in [-0.1, -0.05) is 0 Å². The molecule has 7 nitrogen and oxygen atoms in total. The number of hydrogen-bond donors (Lipinski definition) is 2. The number of aromatic nitrogens is 2. The predicted molar refractivity (Wildman–Crippen MR) is 107 cm³/mol. The number of fused-ring (bicyclic) bond motifs is 1. The zero-order chi connectivity index (χ0) is 18.7. The number of anilines is 1. The van der Waals surface area contributed by atoms with E-state index in [4.69, 9.17) is 11.6 Å². The van der Waals surface area contributed by atoms with Crippen LogP contribution < -0.4 is 27.7 Å². The second-order valence-electron chi connectivity index (χ2n) is 7.64. The lowest BCUT2D eigenvalue weighted by atomic mass is 10.0. The van der Waals surface area contributed by atoms with E-state index in [2.05, 4.69) is 0 Å². The van der Waals surface area contributed by atoms with Gasteiger partial charge in [-0.05, 0) is 45.1 Å². The molecule has 4 rings (SSSR count). The SMILES string of the molecule is Cc1c(F)c(N2CC[C@H]([C@@H](C)N)C2)cc2c1c(=O)n(N)c(=O)n2C1CC1.Cl. The van der Waals surface area contributed by atoms with E-state index in [1.54, 1.807) is 17.6 Å². The second-order valence-corrected chi connectivity index (χ2v) is 7.64. The molecule has 1 saturated carbocycles. The zero-order valence-corrected chi connectivity index (χ0v) is 16.3. The first-order chi connectivity index (χ1) is 12.3. The van der Waals surface area contributed by atoms with Crippen molar-refractivity contribution in [1.29, 1.82) is 0 Å². The van der Waals surface area contributed by atoms with Gasteiger partial charge in [0.25, 0.3) is 5.56 Å². The van der Waals surface area contributed by atoms with E-state index in [0.717, 1.165) is 19.3 Å². The van der Waals surface area contributed by atoms with Crippen LogP contribution in [0.2, 0.25) is 0 Å². The third-order valence-electron chi connectivity index (χ3n) is 5.78. The van der Waals surface area contributed by atoms with Crippen molar-refractivity contribution in [2.24, 2.45) is 11.7 Å². The van der Waals surface area contributed by atoms with Crippen molar-refractivity contribution in [3.05, 3.63) is 38.3 Å². The largest absolute Gasteiger partial charge is 0.369 e. The van der Waals surface area contributed by atoms with E-state index in [-0.39, 0.29) is 35.4 Å². The first-order valence-electron chi connectivity index (χ1n) is 9.07. The Morgan fingerprint density at radius 1 is 1.26 bits per heavy atom. The van der Waals surface area contributed by atoms with Crippen molar-refractivity contribution in [3.8, 4) is 0 Å². The summed E-state index contributed by atoms with van der Waals surface area (Å²) >= 11 is 0. The maximum atomic E-state index is 15.1. The van der Waals surface area contributed by atoms with Gasteiger partial charge in [-0.2, -0.15) is 4.68 Å². The van der Waals surface area contributed by atoms with Crippen LogP contribution in [0.5, 0.6) is 0 Å². The first-order valence-corrected chi connectivity index (χ1v) is 9.07. The van der Waals surface area contributed by atoms with E-state index in [1.165, 1.54) is 0 Å². The highest BCUT2D eigenvalue weighted by molar-refractivity contribution is 5.86. The quantitative estimate of drug-likeness (QED) is 0.759. The lowest BCUT2D eigenvalue weighted by Crippen LogP contribution is -2.44. The predicted octanol–water partition coefficient (Wildman–Crippen LogP) is 1.25. The first kappa shape index (κ1) is 19.7. The Morgan fingerprint density at radius 2 is 1.93 bits per heavy atom. The summed E-state index contributed by atoms with van der Waals surface area (Å²) in [5.41, 5.74) is 5.95. The molecule has 2 aliphatic rings. The molecule has 1 saturated heterocycles. The fourth-order valence-electron chi connectivity index (χ4n) is 4.00. The molecule has 2 aromatic rings. The standard InChI is InChI=1S/C18H24FN5O2.ClH/c1-9-15-13(23(12-3-4-12)18(26)24(21)17(15)25)7-14(16(9)19)22-6-5-11(8-22)10(2)20;/h7,10-12H,3-6,8,20-21H2,1-2H3;1H/t10-,11+;/m1./s1. The van der Waals surface area contributed by atoms with Crippen LogP contribution in [0.1, 0.15) is 37.8 Å². The van der Waals surface area contributed by atoms with Crippen LogP contribution in [0.4, 0.5) is 10.1 Å². The minimum atomic E-state index is -0.653. The van der Waals surface area contributed by atoms with Crippen molar-refractivity contribution in [1.82, 2.24) is 9.24 Å². The third kappa shape index (κ3) is 3.00. The maximum absolute atomic E-state index is 15.1.